The van der Waals surface area contributed by atoms with Gasteiger partial charge in [0.15, 0.2) is 11.6 Å². The van der Waals surface area contributed by atoms with E-state index in [-0.39, 0.29) is 0 Å². The lowest BCUT2D eigenvalue weighted by atomic mass is 10.1. The van der Waals surface area contributed by atoms with Crippen molar-refractivity contribution in [3.63, 3.8) is 0 Å². The van der Waals surface area contributed by atoms with E-state index in [4.69, 9.17) is 28.4 Å². The molecule has 0 aromatic heterocycles. The highest BCUT2D eigenvalue weighted by molar-refractivity contribution is 5.28. The number of hydrogen-bond donors (Lipinski definition) is 4. The molecule has 4 fully saturated rings. The van der Waals surface area contributed by atoms with Crippen LogP contribution in [0.2, 0.25) is 0 Å². The molecule has 4 saturated heterocycles. The van der Waals surface area contributed by atoms with E-state index in [1.54, 1.807) is 27.7 Å². The average Bonchev–Trinajstić information content (AvgIpc) is 3.47. The van der Waals surface area contributed by atoms with E-state index in [9.17, 15) is 20.4 Å². The molecule has 4 N–H and O–H groups in total. The Kier molecular flexibility index (Phi) is 10.5. The second-order valence-corrected chi connectivity index (χ2v) is 14.1. The van der Waals surface area contributed by atoms with Crippen LogP contribution in [0, 0.1) is 0 Å². The van der Waals surface area contributed by atoms with Crippen molar-refractivity contribution in [3.8, 4) is 11.5 Å². The van der Waals surface area contributed by atoms with Crippen molar-refractivity contribution < 1.29 is 48.8 Å². The van der Waals surface area contributed by atoms with Gasteiger partial charge in [-0.2, -0.15) is 0 Å². The first-order chi connectivity index (χ1) is 22.3. The molecule has 4 aliphatic rings. The number of aliphatic hydroxyl groups is 4. The maximum atomic E-state index is 10.7. The van der Waals surface area contributed by atoms with Crippen molar-refractivity contribution in [1.29, 1.82) is 0 Å². The Labute approximate surface area is 276 Å². The fourth-order valence-corrected chi connectivity index (χ4v) is 7.04. The first-order valence-electron chi connectivity index (χ1n) is 16.7. The number of rotatable bonds is 10. The predicted octanol–water partition coefficient (Wildman–Crippen LogP) is 1.65. The summed E-state index contributed by atoms with van der Waals surface area (Å²) in [7, 11) is 0. The van der Waals surface area contributed by atoms with Gasteiger partial charge in [0.2, 0.25) is 0 Å². The smallest absolute Gasteiger partial charge is 0.164 e. The van der Waals surface area contributed by atoms with Crippen molar-refractivity contribution in [2.24, 2.45) is 0 Å². The van der Waals surface area contributed by atoms with Crippen LogP contribution in [0.25, 0.3) is 0 Å². The maximum absolute atomic E-state index is 10.7. The first-order valence-corrected chi connectivity index (χ1v) is 16.7. The van der Waals surface area contributed by atoms with Crippen LogP contribution >= 0.6 is 0 Å². The third kappa shape index (κ3) is 8.63. The van der Waals surface area contributed by atoms with Crippen LogP contribution in [-0.2, 0) is 32.0 Å². The largest absolute Gasteiger partial charge is 0.493 e. The Hall–Kier alpha value is -2.36. The molecule has 8 atom stereocenters. The van der Waals surface area contributed by atoms with Crippen LogP contribution in [0.5, 0.6) is 11.5 Å². The molecule has 0 aliphatic carbocycles. The molecule has 0 saturated carbocycles. The van der Waals surface area contributed by atoms with Gasteiger partial charge in [0.25, 0.3) is 0 Å². The molecule has 12 nitrogen and oxygen atoms in total. The molecule has 6 rings (SSSR count). The van der Waals surface area contributed by atoms with Crippen LogP contribution in [0.15, 0.2) is 48.5 Å². The number of fused-ring (bicyclic) bond motifs is 2. The molecule has 47 heavy (non-hydrogen) atoms. The van der Waals surface area contributed by atoms with Crippen molar-refractivity contribution >= 4 is 0 Å². The molecule has 2 aromatic rings. The summed E-state index contributed by atoms with van der Waals surface area (Å²) in [6.07, 6.45) is -4.51. The second-order valence-electron chi connectivity index (χ2n) is 14.1. The van der Waals surface area contributed by atoms with Gasteiger partial charge in [-0.1, -0.05) is 24.3 Å². The van der Waals surface area contributed by atoms with Crippen LogP contribution < -0.4 is 9.47 Å². The SMILES string of the molecule is CC1(C)O[C@H]2[C@H](O1)[C@H](O)CN(Cc1ccc(OCCCOc3ccc(CN4C[C@@H](O)[C@H]5OC(C)(C)O[C@@H]5[C@H](O)C4)cc3)cc1)C[C@H]2O. The molecule has 0 bridgehead atoms. The average molecular weight is 659 g/mol. The van der Waals surface area contributed by atoms with Crippen LogP contribution in [0.1, 0.15) is 45.2 Å². The summed E-state index contributed by atoms with van der Waals surface area (Å²) in [6.45, 7) is 10.9. The molecule has 4 heterocycles. The number of β-amino-alcohol motifs (C(OH)–C–C–N with tert-alkyl or cyclic N) is 4. The minimum atomic E-state index is -0.815. The van der Waals surface area contributed by atoms with E-state index in [1.165, 1.54) is 0 Å². The quantitative estimate of drug-likeness (QED) is 0.276. The zero-order chi connectivity index (χ0) is 33.3. The summed E-state index contributed by atoms with van der Waals surface area (Å²) in [5.74, 6) is -0.0994. The molecule has 4 aliphatic heterocycles. The van der Waals surface area contributed by atoms with E-state index < -0.39 is 60.4 Å². The summed E-state index contributed by atoms with van der Waals surface area (Å²) in [5, 5.41) is 42.9. The van der Waals surface area contributed by atoms with E-state index in [1.807, 2.05) is 58.3 Å². The lowest BCUT2D eigenvalue weighted by Gasteiger charge is -2.26. The van der Waals surface area contributed by atoms with Crippen molar-refractivity contribution in [3.05, 3.63) is 59.7 Å². The number of aliphatic hydroxyl groups excluding tert-OH is 4. The highest BCUT2D eigenvalue weighted by Gasteiger charge is 2.51. The van der Waals surface area contributed by atoms with Gasteiger partial charge in [-0.15, -0.1) is 0 Å². The third-order valence-electron chi connectivity index (χ3n) is 9.11. The normalized spacial score (nSPS) is 33.9. The Morgan fingerprint density at radius 2 is 0.851 bits per heavy atom. The van der Waals surface area contributed by atoms with Gasteiger partial charge in [0.1, 0.15) is 35.9 Å². The third-order valence-corrected chi connectivity index (χ3v) is 9.11. The molecule has 0 unspecified atom stereocenters. The minimum absolute atomic E-state index is 0.385. The van der Waals surface area contributed by atoms with Gasteiger partial charge in [-0.25, -0.2) is 0 Å². The molecular formula is C35H50N2O10. The summed E-state index contributed by atoms with van der Waals surface area (Å²) in [6, 6.07) is 15.7. The Bertz CT molecular complexity index is 1160. The maximum Gasteiger partial charge on any atom is 0.164 e. The van der Waals surface area contributed by atoms with Crippen LogP contribution in [0.3, 0.4) is 0 Å². The summed E-state index contributed by atoms with van der Waals surface area (Å²) in [5.41, 5.74) is 2.10. The second kappa shape index (κ2) is 14.2. The molecule has 12 heteroatoms. The standard InChI is InChI=1S/C35H50N2O10/c1-34(2)44-30-26(38)18-36(19-27(39)31(30)45-34)16-22-6-10-24(11-7-22)42-14-5-15-43-25-12-8-23(9-13-25)17-37-20-28(40)32-33(29(41)21-37)47-35(3,4)46-32/h6-13,26-33,38-41H,5,14-21H2,1-4H3/t26-,27-,28-,29-,30-,31-,32-,33-/m1/s1. The van der Waals surface area contributed by atoms with Gasteiger partial charge in [-0.05, 0) is 63.1 Å². The lowest BCUT2D eigenvalue weighted by molar-refractivity contribution is -0.166. The number of nitrogens with zero attached hydrogens (tertiary/aromatic N) is 2. The van der Waals surface area contributed by atoms with Gasteiger partial charge < -0.3 is 48.8 Å². The van der Waals surface area contributed by atoms with Gasteiger partial charge in [-0.3, -0.25) is 9.80 Å². The number of benzene rings is 2. The van der Waals surface area contributed by atoms with Crippen molar-refractivity contribution in [1.82, 2.24) is 9.80 Å². The van der Waals surface area contributed by atoms with Crippen LogP contribution in [-0.4, -0.2) is 130 Å². The molecule has 0 spiro atoms. The first kappa shape index (κ1) is 34.5. The van der Waals surface area contributed by atoms with Crippen molar-refractivity contribution in [2.45, 2.75) is 108 Å². The molecule has 2 aromatic carbocycles. The lowest BCUT2D eigenvalue weighted by Crippen LogP contribution is -2.41. The van der Waals surface area contributed by atoms with E-state index in [2.05, 4.69) is 0 Å². The molecular weight excluding hydrogens is 608 g/mol. The van der Waals surface area contributed by atoms with E-state index >= 15 is 0 Å². The molecule has 0 radical (unpaired) electrons. The van der Waals surface area contributed by atoms with E-state index in [0.717, 1.165) is 22.6 Å². The highest BCUT2D eigenvalue weighted by atomic mass is 16.8. The number of hydrogen-bond acceptors (Lipinski definition) is 12. The fourth-order valence-electron chi connectivity index (χ4n) is 7.04. The van der Waals surface area contributed by atoms with Gasteiger partial charge in [0, 0.05) is 45.7 Å². The summed E-state index contributed by atoms with van der Waals surface area (Å²) in [4.78, 5) is 4.04. The number of likely N-dealkylation sites (tertiary alicyclic amines) is 2. The highest BCUT2D eigenvalue weighted by Crippen LogP contribution is 2.35. The number of ether oxygens (including phenoxy) is 6. The van der Waals surface area contributed by atoms with Crippen molar-refractivity contribution in [2.75, 3.05) is 39.4 Å². The van der Waals surface area contributed by atoms with E-state index in [0.29, 0.717) is 58.9 Å². The zero-order valence-electron chi connectivity index (χ0n) is 27.7. The summed E-state index contributed by atoms with van der Waals surface area (Å²) >= 11 is 0. The molecule has 260 valence electrons. The minimum Gasteiger partial charge on any atom is -0.493 e. The van der Waals surface area contributed by atoms with Crippen LogP contribution in [0.4, 0.5) is 0 Å². The monoisotopic (exact) mass is 658 g/mol. The fraction of sp³-hybridized carbons (Fsp3) is 0.657. The summed E-state index contributed by atoms with van der Waals surface area (Å²) < 4.78 is 35.3. The zero-order valence-corrected chi connectivity index (χ0v) is 27.7. The van der Waals surface area contributed by atoms with Gasteiger partial charge >= 0.3 is 0 Å². The Morgan fingerprint density at radius 3 is 1.15 bits per heavy atom. The predicted molar refractivity (Wildman–Crippen MR) is 171 cm³/mol. The molecule has 0 amide bonds. The Morgan fingerprint density at radius 1 is 0.553 bits per heavy atom. The topological polar surface area (TPSA) is 143 Å². The van der Waals surface area contributed by atoms with Gasteiger partial charge in [0.05, 0.1) is 37.6 Å². The Balaban J connectivity index is 0.891.